The van der Waals surface area contributed by atoms with Gasteiger partial charge in [-0.1, -0.05) is 35.9 Å². The number of carbonyl (C=O) groups excluding carboxylic acids is 1. The minimum atomic E-state index is -0.518. The maximum absolute atomic E-state index is 13.6. The topological polar surface area (TPSA) is 66.9 Å². The van der Waals surface area contributed by atoms with Crippen molar-refractivity contribution in [3.8, 4) is 0 Å². The van der Waals surface area contributed by atoms with Gasteiger partial charge in [-0.15, -0.1) is 10.2 Å². The summed E-state index contributed by atoms with van der Waals surface area (Å²) < 4.78 is 13.6. The molecule has 3 aromatic rings. The number of rotatable bonds is 6. The predicted octanol–water partition coefficient (Wildman–Crippen LogP) is 4.18. The quantitative estimate of drug-likeness (QED) is 0.683. The number of hydrogen-bond acceptors (Lipinski definition) is 4. The van der Waals surface area contributed by atoms with Crippen LogP contribution in [0.3, 0.4) is 0 Å². The van der Waals surface area contributed by atoms with Crippen molar-refractivity contribution in [3.63, 3.8) is 0 Å². The van der Waals surface area contributed by atoms with Crippen molar-refractivity contribution in [1.82, 2.24) is 10.2 Å². The number of amides is 1. The van der Waals surface area contributed by atoms with Gasteiger partial charge in [0.1, 0.15) is 11.6 Å². The summed E-state index contributed by atoms with van der Waals surface area (Å²) in [7, 11) is 0. The van der Waals surface area contributed by atoms with Crippen molar-refractivity contribution in [2.75, 3.05) is 17.2 Å². The van der Waals surface area contributed by atoms with Gasteiger partial charge < -0.3 is 10.6 Å². The van der Waals surface area contributed by atoms with Crippen molar-refractivity contribution in [2.45, 2.75) is 6.42 Å². The fourth-order valence-corrected chi connectivity index (χ4v) is 2.41. The van der Waals surface area contributed by atoms with Crippen LogP contribution in [0.1, 0.15) is 16.1 Å². The Labute approximate surface area is 155 Å². The molecule has 1 amide bonds. The molecule has 0 bridgehead atoms. The van der Waals surface area contributed by atoms with E-state index in [-0.39, 0.29) is 11.4 Å². The molecule has 0 atom stereocenters. The van der Waals surface area contributed by atoms with Gasteiger partial charge in [0.05, 0.1) is 5.69 Å². The zero-order chi connectivity index (χ0) is 18.4. The highest BCUT2D eigenvalue weighted by atomic mass is 35.5. The van der Waals surface area contributed by atoms with E-state index in [9.17, 15) is 9.18 Å². The molecule has 0 saturated heterocycles. The molecule has 0 fully saturated rings. The molecule has 132 valence electrons. The van der Waals surface area contributed by atoms with Gasteiger partial charge in [-0.3, -0.25) is 4.79 Å². The van der Waals surface area contributed by atoms with Gasteiger partial charge in [0.15, 0.2) is 5.69 Å². The number of hydrogen-bond donors (Lipinski definition) is 2. The SMILES string of the molecule is O=C(Nc1ccccc1F)c1ccc(NCCc2ccc(Cl)cc2)nn1. The monoisotopic (exact) mass is 370 g/mol. The first-order valence-corrected chi connectivity index (χ1v) is 8.37. The second kappa shape index (κ2) is 8.40. The van der Waals surface area contributed by atoms with Crippen LogP contribution in [0.2, 0.25) is 5.02 Å². The molecule has 0 spiro atoms. The first-order valence-electron chi connectivity index (χ1n) is 8.00. The molecule has 0 unspecified atom stereocenters. The molecule has 1 aromatic heterocycles. The molecule has 7 heteroatoms. The molecular formula is C19H16ClFN4O. The van der Waals surface area contributed by atoms with Crippen LogP contribution < -0.4 is 10.6 Å². The van der Waals surface area contributed by atoms with Gasteiger partial charge in [0.25, 0.3) is 5.91 Å². The Morgan fingerprint density at radius 1 is 1.00 bits per heavy atom. The van der Waals surface area contributed by atoms with E-state index in [4.69, 9.17) is 11.6 Å². The summed E-state index contributed by atoms with van der Waals surface area (Å²) in [5.74, 6) is -0.467. The fraction of sp³-hybridized carbons (Fsp3) is 0.105. The zero-order valence-electron chi connectivity index (χ0n) is 13.7. The Kier molecular flexibility index (Phi) is 5.76. The standard InChI is InChI=1S/C19H16ClFN4O/c20-14-7-5-13(6-8-14)11-12-22-18-10-9-17(24-25-18)19(26)23-16-4-2-1-3-15(16)21/h1-10H,11-12H2,(H,22,25)(H,23,26). The molecule has 0 radical (unpaired) electrons. The van der Waals surface area contributed by atoms with Gasteiger partial charge >= 0.3 is 0 Å². The van der Waals surface area contributed by atoms with E-state index >= 15 is 0 Å². The van der Waals surface area contributed by atoms with Crippen LogP contribution in [0, 0.1) is 5.82 Å². The maximum Gasteiger partial charge on any atom is 0.276 e. The number of benzene rings is 2. The lowest BCUT2D eigenvalue weighted by Crippen LogP contribution is -2.16. The lowest BCUT2D eigenvalue weighted by molar-refractivity contribution is 0.102. The van der Waals surface area contributed by atoms with E-state index in [0.717, 1.165) is 12.0 Å². The van der Waals surface area contributed by atoms with Crippen LogP contribution in [0.25, 0.3) is 0 Å². The van der Waals surface area contributed by atoms with Crippen molar-refractivity contribution in [3.05, 3.63) is 82.8 Å². The molecule has 0 aliphatic carbocycles. The third-order valence-corrected chi connectivity index (χ3v) is 3.90. The predicted molar refractivity (Wildman–Crippen MR) is 100 cm³/mol. The second-order valence-electron chi connectivity index (χ2n) is 5.54. The molecule has 2 aromatic carbocycles. The van der Waals surface area contributed by atoms with E-state index in [0.29, 0.717) is 17.4 Å². The van der Waals surface area contributed by atoms with Gasteiger partial charge in [0, 0.05) is 11.6 Å². The average Bonchev–Trinajstić information content (AvgIpc) is 2.66. The minimum absolute atomic E-state index is 0.101. The number of nitrogens with one attached hydrogen (secondary N) is 2. The number of anilines is 2. The summed E-state index contributed by atoms with van der Waals surface area (Å²) in [4.78, 5) is 12.1. The Morgan fingerprint density at radius 3 is 2.46 bits per heavy atom. The third-order valence-electron chi connectivity index (χ3n) is 3.65. The summed E-state index contributed by atoms with van der Waals surface area (Å²) >= 11 is 5.85. The summed E-state index contributed by atoms with van der Waals surface area (Å²) in [6.45, 7) is 0.664. The van der Waals surface area contributed by atoms with E-state index < -0.39 is 11.7 Å². The van der Waals surface area contributed by atoms with Crippen LogP contribution in [0.15, 0.2) is 60.7 Å². The summed E-state index contributed by atoms with van der Waals surface area (Å²) in [6, 6.07) is 16.8. The van der Waals surface area contributed by atoms with Crippen molar-refractivity contribution in [1.29, 1.82) is 0 Å². The van der Waals surface area contributed by atoms with Gasteiger partial charge in [-0.05, 0) is 48.4 Å². The van der Waals surface area contributed by atoms with Crippen molar-refractivity contribution >= 4 is 29.0 Å². The van der Waals surface area contributed by atoms with E-state index in [1.165, 1.54) is 18.2 Å². The summed E-state index contributed by atoms with van der Waals surface area (Å²) in [5, 5.41) is 14.2. The minimum Gasteiger partial charge on any atom is -0.368 e. The lowest BCUT2D eigenvalue weighted by Gasteiger charge is -2.07. The Morgan fingerprint density at radius 2 is 1.77 bits per heavy atom. The Balaban J connectivity index is 1.53. The van der Waals surface area contributed by atoms with Gasteiger partial charge in [0.2, 0.25) is 0 Å². The number of carbonyl (C=O) groups is 1. The first kappa shape index (κ1) is 17.8. The highest BCUT2D eigenvalue weighted by molar-refractivity contribution is 6.30. The van der Waals surface area contributed by atoms with Crippen LogP contribution in [-0.4, -0.2) is 22.6 Å². The van der Waals surface area contributed by atoms with Crippen molar-refractivity contribution < 1.29 is 9.18 Å². The lowest BCUT2D eigenvalue weighted by atomic mass is 10.1. The van der Waals surface area contributed by atoms with Crippen LogP contribution in [0.4, 0.5) is 15.9 Å². The molecule has 0 aliphatic heterocycles. The fourth-order valence-electron chi connectivity index (χ4n) is 2.28. The van der Waals surface area contributed by atoms with Crippen LogP contribution in [-0.2, 0) is 6.42 Å². The largest absolute Gasteiger partial charge is 0.368 e. The molecule has 5 nitrogen and oxygen atoms in total. The third kappa shape index (κ3) is 4.77. The zero-order valence-corrected chi connectivity index (χ0v) is 14.5. The Bertz CT molecular complexity index is 885. The molecule has 3 rings (SSSR count). The summed E-state index contributed by atoms with van der Waals surface area (Å²) in [5.41, 5.74) is 1.36. The molecule has 26 heavy (non-hydrogen) atoms. The first-order chi connectivity index (χ1) is 12.6. The van der Waals surface area contributed by atoms with Crippen LogP contribution >= 0.6 is 11.6 Å². The van der Waals surface area contributed by atoms with E-state index in [2.05, 4.69) is 20.8 Å². The number of para-hydroxylation sites is 1. The second-order valence-corrected chi connectivity index (χ2v) is 5.98. The van der Waals surface area contributed by atoms with E-state index in [1.54, 1.807) is 18.2 Å². The molecule has 0 aliphatic rings. The molecule has 2 N–H and O–H groups in total. The normalized spacial score (nSPS) is 10.4. The molecule has 1 heterocycles. The summed E-state index contributed by atoms with van der Waals surface area (Å²) in [6.07, 6.45) is 0.800. The highest BCUT2D eigenvalue weighted by Gasteiger charge is 2.11. The number of nitrogens with zero attached hydrogens (tertiary/aromatic N) is 2. The molecular weight excluding hydrogens is 355 g/mol. The highest BCUT2D eigenvalue weighted by Crippen LogP contribution is 2.14. The smallest absolute Gasteiger partial charge is 0.276 e. The van der Waals surface area contributed by atoms with Crippen molar-refractivity contribution in [2.24, 2.45) is 0 Å². The number of halogens is 2. The molecule has 0 saturated carbocycles. The number of aromatic nitrogens is 2. The van der Waals surface area contributed by atoms with E-state index in [1.807, 2.05) is 24.3 Å². The Hall–Kier alpha value is -2.99. The maximum atomic E-state index is 13.6. The van der Waals surface area contributed by atoms with Gasteiger partial charge in [-0.25, -0.2) is 4.39 Å². The van der Waals surface area contributed by atoms with Gasteiger partial charge in [-0.2, -0.15) is 0 Å². The van der Waals surface area contributed by atoms with Crippen LogP contribution in [0.5, 0.6) is 0 Å². The average molecular weight is 371 g/mol.